The first-order valence-corrected chi connectivity index (χ1v) is 8.37. The summed E-state index contributed by atoms with van der Waals surface area (Å²) in [6.45, 7) is 8.18. The molecular weight excluding hydrogens is 252 g/mol. The first kappa shape index (κ1) is 16.0. The van der Waals surface area contributed by atoms with Crippen molar-refractivity contribution in [2.45, 2.75) is 84.7 Å². The van der Waals surface area contributed by atoms with E-state index in [4.69, 9.17) is 9.47 Å². The number of Topliss-reactive ketones (excluding diaryl/α,β-unsaturated/α-hetero) is 1. The number of carbonyl (C=O) groups excluding carboxylic acids is 1. The highest BCUT2D eigenvalue weighted by Crippen LogP contribution is 2.53. The van der Waals surface area contributed by atoms with Crippen LogP contribution in [0.4, 0.5) is 0 Å². The fraction of sp³-hybridized carbons (Fsp3) is 0.941. The lowest BCUT2D eigenvalue weighted by atomic mass is 9.82. The lowest BCUT2D eigenvalue weighted by molar-refractivity contribution is -0.459. The van der Waals surface area contributed by atoms with E-state index in [1.54, 1.807) is 0 Å². The molecule has 2 rings (SSSR count). The van der Waals surface area contributed by atoms with Gasteiger partial charge in [0.1, 0.15) is 5.78 Å². The van der Waals surface area contributed by atoms with Crippen molar-refractivity contribution in [3.05, 3.63) is 0 Å². The molecule has 2 unspecified atom stereocenters. The largest absolute Gasteiger partial charge is 0.321 e. The molecule has 3 nitrogen and oxygen atoms in total. The molecule has 0 radical (unpaired) electrons. The van der Waals surface area contributed by atoms with Crippen LogP contribution in [0.3, 0.4) is 0 Å². The second kappa shape index (κ2) is 6.57. The summed E-state index contributed by atoms with van der Waals surface area (Å²) in [5.41, 5.74) is 0. The Morgan fingerprint density at radius 2 is 2.00 bits per heavy atom. The predicted octanol–water partition coefficient (Wildman–Crippen LogP) is 4.30. The molecule has 0 aromatic rings. The van der Waals surface area contributed by atoms with E-state index in [-0.39, 0.29) is 18.0 Å². The van der Waals surface area contributed by atoms with E-state index < -0.39 is 0 Å². The van der Waals surface area contributed by atoms with Crippen molar-refractivity contribution in [2.24, 2.45) is 17.8 Å². The smallest absolute Gasteiger partial charge is 0.177 e. The second-order valence-electron chi connectivity index (χ2n) is 6.84. The van der Waals surface area contributed by atoms with Gasteiger partial charge in [-0.15, -0.1) is 0 Å². The van der Waals surface area contributed by atoms with Gasteiger partial charge < -0.3 is 9.47 Å². The van der Waals surface area contributed by atoms with E-state index in [0.29, 0.717) is 24.0 Å². The van der Waals surface area contributed by atoms with Gasteiger partial charge in [0.15, 0.2) is 12.1 Å². The summed E-state index contributed by atoms with van der Waals surface area (Å²) in [6, 6.07) is 0. The average molecular weight is 282 g/mol. The van der Waals surface area contributed by atoms with Crippen LogP contribution in [0.1, 0.15) is 72.6 Å². The number of ketones is 1. The molecule has 0 bridgehead atoms. The zero-order chi connectivity index (χ0) is 14.8. The zero-order valence-corrected chi connectivity index (χ0v) is 13.5. The quantitative estimate of drug-likeness (QED) is 0.653. The van der Waals surface area contributed by atoms with Crippen LogP contribution >= 0.6 is 0 Å². The minimum Gasteiger partial charge on any atom is -0.321 e. The lowest BCUT2D eigenvalue weighted by Gasteiger charge is -2.48. The standard InChI is InChI=1S/C17H30O3/c1-5-6-7-8-15-14(11-16(18)12(2)3)9-10-17(15)19-13(4)20-17/h12-15H,5-11H2,1-4H3. The van der Waals surface area contributed by atoms with Gasteiger partial charge in [0.2, 0.25) is 0 Å². The van der Waals surface area contributed by atoms with Gasteiger partial charge in [0, 0.05) is 24.7 Å². The van der Waals surface area contributed by atoms with Gasteiger partial charge >= 0.3 is 0 Å². The van der Waals surface area contributed by atoms with E-state index in [9.17, 15) is 4.79 Å². The maximum Gasteiger partial charge on any atom is 0.177 e. The maximum atomic E-state index is 12.1. The third-order valence-corrected chi connectivity index (χ3v) is 4.95. The van der Waals surface area contributed by atoms with Gasteiger partial charge in [-0.05, 0) is 25.7 Å². The van der Waals surface area contributed by atoms with Gasteiger partial charge in [-0.25, -0.2) is 0 Å². The Labute approximate surface area is 123 Å². The fourth-order valence-corrected chi connectivity index (χ4v) is 3.80. The van der Waals surface area contributed by atoms with Gasteiger partial charge in [0.05, 0.1) is 0 Å². The highest BCUT2D eigenvalue weighted by atomic mass is 16.9. The third-order valence-electron chi connectivity index (χ3n) is 4.95. The van der Waals surface area contributed by atoms with Crippen molar-refractivity contribution in [3.8, 4) is 0 Å². The molecule has 0 aromatic carbocycles. The molecule has 1 aliphatic heterocycles. The third kappa shape index (κ3) is 3.25. The summed E-state index contributed by atoms with van der Waals surface area (Å²) in [7, 11) is 0. The molecular formula is C17H30O3. The van der Waals surface area contributed by atoms with Crippen LogP contribution in [-0.2, 0) is 14.3 Å². The minimum atomic E-state index is -0.352. The summed E-state index contributed by atoms with van der Waals surface area (Å²) in [6.07, 6.45) is 7.51. The molecule has 2 atom stereocenters. The number of unbranched alkanes of at least 4 members (excludes halogenated alkanes) is 2. The Balaban J connectivity index is 1.97. The van der Waals surface area contributed by atoms with Crippen molar-refractivity contribution >= 4 is 5.78 Å². The molecule has 116 valence electrons. The average Bonchev–Trinajstić information content (AvgIpc) is 2.69. The molecule has 0 N–H and O–H groups in total. The van der Waals surface area contributed by atoms with Gasteiger partial charge in [-0.3, -0.25) is 4.79 Å². The number of hydrogen-bond acceptors (Lipinski definition) is 3. The Bertz CT molecular complexity index is 331. The van der Waals surface area contributed by atoms with Gasteiger partial charge in [-0.1, -0.05) is 40.0 Å². The maximum absolute atomic E-state index is 12.1. The van der Waals surface area contributed by atoms with Gasteiger partial charge in [0.25, 0.3) is 0 Å². The summed E-state index contributed by atoms with van der Waals surface area (Å²) >= 11 is 0. The monoisotopic (exact) mass is 282 g/mol. The van der Waals surface area contributed by atoms with E-state index in [1.165, 1.54) is 19.3 Å². The van der Waals surface area contributed by atoms with E-state index >= 15 is 0 Å². The fourth-order valence-electron chi connectivity index (χ4n) is 3.80. The molecule has 1 spiro atoms. The molecule has 20 heavy (non-hydrogen) atoms. The Morgan fingerprint density at radius 3 is 2.55 bits per heavy atom. The molecule has 3 heteroatoms. The van der Waals surface area contributed by atoms with Crippen molar-refractivity contribution in [2.75, 3.05) is 0 Å². The van der Waals surface area contributed by atoms with Crippen molar-refractivity contribution in [3.63, 3.8) is 0 Å². The van der Waals surface area contributed by atoms with Crippen LogP contribution in [-0.4, -0.2) is 17.9 Å². The molecule has 0 amide bonds. The van der Waals surface area contributed by atoms with E-state index in [1.807, 2.05) is 20.8 Å². The second-order valence-corrected chi connectivity index (χ2v) is 6.84. The summed E-state index contributed by atoms with van der Waals surface area (Å²) in [5.74, 6) is 1.04. The first-order valence-electron chi connectivity index (χ1n) is 8.37. The van der Waals surface area contributed by atoms with Crippen LogP contribution in [0.5, 0.6) is 0 Å². The van der Waals surface area contributed by atoms with E-state index in [0.717, 1.165) is 19.3 Å². The summed E-state index contributed by atoms with van der Waals surface area (Å²) < 4.78 is 11.9. The van der Waals surface area contributed by atoms with Crippen molar-refractivity contribution in [1.82, 2.24) is 0 Å². The lowest BCUT2D eigenvalue weighted by Crippen LogP contribution is -2.55. The van der Waals surface area contributed by atoms with Crippen molar-refractivity contribution < 1.29 is 14.3 Å². The van der Waals surface area contributed by atoms with Crippen molar-refractivity contribution in [1.29, 1.82) is 0 Å². The molecule has 1 saturated carbocycles. The van der Waals surface area contributed by atoms with E-state index in [2.05, 4.69) is 6.92 Å². The summed E-state index contributed by atoms with van der Waals surface area (Å²) in [4.78, 5) is 12.1. The highest BCUT2D eigenvalue weighted by molar-refractivity contribution is 5.80. The summed E-state index contributed by atoms with van der Waals surface area (Å²) in [5, 5.41) is 0. The normalized spacial score (nSPS) is 36.5. The topological polar surface area (TPSA) is 35.5 Å². The molecule has 1 aliphatic carbocycles. The number of hydrogen-bond donors (Lipinski definition) is 0. The molecule has 0 aromatic heterocycles. The van der Waals surface area contributed by atoms with Crippen LogP contribution in [0.15, 0.2) is 0 Å². The van der Waals surface area contributed by atoms with Crippen LogP contribution in [0, 0.1) is 17.8 Å². The van der Waals surface area contributed by atoms with Gasteiger partial charge in [-0.2, -0.15) is 0 Å². The molecule has 2 aliphatic rings. The van der Waals surface area contributed by atoms with Crippen LogP contribution < -0.4 is 0 Å². The molecule has 1 heterocycles. The molecule has 2 fully saturated rings. The number of carbonyl (C=O) groups is 1. The number of ether oxygens (including phenoxy) is 2. The minimum absolute atomic E-state index is 0.0665. The molecule has 1 saturated heterocycles. The zero-order valence-electron chi connectivity index (χ0n) is 13.5. The highest BCUT2D eigenvalue weighted by Gasteiger charge is 2.57. The Kier molecular flexibility index (Phi) is 5.25. The SMILES string of the molecule is CCCCCC1C(CC(=O)C(C)C)CCC12OC(C)O2. The van der Waals surface area contributed by atoms with Crippen LogP contribution in [0.2, 0.25) is 0 Å². The Hall–Kier alpha value is -0.410. The van der Waals surface area contributed by atoms with Crippen LogP contribution in [0.25, 0.3) is 0 Å². The number of rotatable bonds is 7. The predicted molar refractivity (Wildman–Crippen MR) is 79.2 cm³/mol. The first-order chi connectivity index (χ1) is 9.48. The Morgan fingerprint density at radius 1 is 1.30 bits per heavy atom.